The molecule has 0 radical (unpaired) electrons. The second-order valence-electron chi connectivity index (χ2n) is 7.83. The number of aryl methyl sites for hydroxylation is 3. The Labute approximate surface area is 205 Å². The SMILES string of the molecule is Cc1ccc(OP(=O)(Oc2ccc(C)cc2)Oc2ccc(C)cc2)cc1.O=C(O)c1ccccc1. The molecule has 0 aliphatic rings. The van der Waals surface area contributed by atoms with Gasteiger partial charge >= 0.3 is 13.8 Å². The smallest absolute Gasteiger partial charge is 0.478 e. The molecular weight excluding hydrogens is 463 g/mol. The lowest BCUT2D eigenvalue weighted by atomic mass is 10.2. The van der Waals surface area contributed by atoms with E-state index in [4.69, 9.17) is 18.7 Å². The molecule has 0 aliphatic heterocycles. The minimum atomic E-state index is -3.93. The first kappa shape index (κ1) is 25.6. The van der Waals surface area contributed by atoms with Crippen molar-refractivity contribution >= 4 is 13.8 Å². The van der Waals surface area contributed by atoms with Crippen LogP contribution in [0.4, 0.5) is 0 Å². The van der Waals surface area contributed by atoms with Crippen molar-refractivity contribution in [1.82, 2.24) is 0 Å². The molecule has 0 spiro atoms. The molecule has 0 bridgehead atoms. The summed E-state index contributed by atoms with van der Waals surface area (Å²) >= 11 is 0. The Bertz CT molecular complexity index is 1150. The lowest BCUT2D eigenvalue weighted by Crippen LogP contribution is -2.07. The van der Waals surface area contributed by atoms with Gasteiger partial charge in [-0.1, -0.05) is 71.3 Å². The zero-order chi connectivity index (χ0) is 25.3. The number of rotatable bonds is 7. The van der Waals surface area contributed by atoms with E-state index in [1.807, 2.05) is 57.2 Å². The Morgan fingerprint density at radius 3 is 1.14 bits per heavy atom. The molecule has 0 heterocycles. The third-order valence-corrected chi connectivity index (χ3v) is 6.04. The van der Waals surface area contributed by atoms with Gasteiger partial charge < -0.3 is 18.7 Å². The molecule has 35 heavy (non-hydrogen) atoms. The normalized spacial score (nSPS) is 10.5. The molecule has 0 aromatic heterocycles. The molecule has 6 nitrogen and oxygen atoms in total. The number of benzene rings is 4. The average Bonchev–Trinajstić information content (AvgIpc) is 2.84. The fraction of sp³-hybridized carbons (Fsp3) is 0.107. The predicted octanol–water partition coefficient (Wildman–Crippen LogP) is 7.64. The van der Waals surface area contributed by atoms with Crippen LogP contribution in [0, 0.1) is 20.8 Å². The Hall–Kier alpha value is -4.02. The number of carboxylic acids is 1. The van der Waals surface area contributed by atoms with Crippen LogP contribution >= 0.6 is 7.82 Å². The van der Waals surface area contributed by atoms with E-state index in [0.29, 0.717) is 22.8 Å². The van der Waals surface area contributed by atoms with Crippen LogP contribution in [-0.4, -0.2) is 11.1 Å². The molecule has 4 rings (SSSR count). The van der Waals surface area contributed by atoms with E-state index in [2.05, 4.69) is 0 Å². The van der Waals surface area contributed by atoms with Crippen molar-refractivity contribution in [3.8, 4) is 17.2 Å². The largest absolute Gasteiger partial charge is 0.647 e. The van der Waals surface area contributed by atoms with Gasteiger partial charge in [0.15, 0.2) is 0 Å². The molecule has 0 saturated carbocycles. The van der Waals surface area contributed by atoms with E-state index < -0.39 is 13.8 Å². The number of aromatic carboxylic acids is 1. The van der Waals surface area contributed by atoms with Gasteiger partial charge in [-0.3, -0.25) is 0 Å². The standard InChI is InChI=1S/C21H21O4P.C7H6O2/c1-16-4-10-19(11-5-16)23-26(22,24-20-12-6-17(2)7-13-20)25-21-14-8-18(3)9-15-21;8-7(9)6-4-2-1-3-5-6/h4-15H,1-3H3;1-5H,(H,8,9). The Morgan fingerprint density at radius 2 is 0.886 bits per heavy atom. The van der Waals surface area contributed by atoms with E-state index in [0.717, 1.165) is 16.7 Å². The quantitative estimate of drug-likeness (QED) is 0.268. The Kier molecular flexibility index (Phi) is 8.71. The Balaban J connectivity index is 0.000000320. The molecule has 0 atom stereocenters. The highest BCUT2D eigenvalue weighted by Gasteiger charge is 2.33. The topological polar surface area (TPSA) is 82.1 Å². The molecule has 1 N–H and O–H groups in total. The maximum Gasteiger partial charge on any atom is 0.647 e. The molecule has 4 aromatic rings. The van der Waals surface area contributed by atoms with Crippen LogP contribution in [0.25, 0.3) is 0 Å². The van der Waals surface area contributed by atoms with Crippen molar-refractivity contribution in [1.29, 1.82) is 0 Å². The van der Waals surface area contributed by atoms with Crippen LogP contribution in [-0.2, 0) is 4.57 Å². The maximum atomic E-state index is 13.3. The van der Waals surface area contributed by atoms with Gasteiger partial charge in [-0.2, -0.15) is 4.57 Å². The second kappa shape index (κ2) is 11.9. The van der Waals surface area contributed by atoms with Gasteiger partial charge in [-0.25, -0.2) is 4.79 Å². The van der Waals surface area contributed by atoms with Crippen LogP contribution in [0.1, 0.15) is 27.0 Å². The number of carbonyl (C=O) groups is 1. The zero-order valence-corrected chi connectivity index (χ0v) is 20.6. The van der Waals surface area contributed by atoms with Crippen molar-refractivity contribution in [2.45, 2.75) is 20.8 Å². The maximum absolute atomic E-state index is 13.3. The van der Waals surface area contributed by atoms with Crippen molar-refractivity contribution in [2.24, 2.45) is 0 Å². The van der Waals surface area contributed by atoms with Crippen LogP contribution in [0.5, 0.6) is 17.2 Å². The van der Waals surface area contributed by atoms with Crippen LogP contribution in [0.2, 0.25) is 0 Å². The molecule has 7 heteroatoms. The lowest BCUT2D eigenvalue weighted by Gasteiger charge is -2.19. The van der Waals surface area contributed by atoms with Gasteiger partial charge in [0.2, 0.25) is 0 Å². The van der Waals surface area contributed by atoms with E-state index in [1.165, 1.54) is 0 Å². The molecule has 0 aliphatic carbocycles. The van der Waals surface area contributed by atoms with Gasteiger partial charge in [-0.15, -0.1) is 0 Å². The number of hydrogen-bond donors (Lipinski definition) is 1. The average molecular weight is 490 g/mol. The molecule has 180 valence electrons. The minimum Gasteiger partial charge on any atom is -0.478 e. The third-order valence-electron chi connectivity index (χ3n) is 4.74. The van der Waals surface area contributed by atoms with Gasteiger partial charge in [0.25, 0.3) is 0 Å². The van der Waals surface area contributed by atoms with Gasteiger partial charge in [0.05, 0.1) is 5.56 Å². The first-order chi connectivity index (χ1) is 16.7. The summed E-state index contributed by atoms with van der Waals surface area (Å²) in [6.07, 6.45) is 0. The van der Waals surface area contributed by atoms with Gasteiger partial charge in [0, 0.05) is 0 Å². The van der Waals surface area contributed by atoms with E-state index in [-0.39, 0.29) is 0 Å². The van der Waals surface area contributed by atoms with Crippen molar-refractivity contribution in [2.75, 3.05) is 0 Å². The van der Waals surface area contributed by atoms with Crippen molar-refractivity contribution < 1.29 is 28.0 Å². The summed E-state index contributed by atoms with van der Waals surface area (Å²) in [4.78, 5) is 10.2. The van der Waals surface area contributed by atoms with Gasteiger partial charge in [-0.05, 0) is 69.3 Å². The van der Waals surface area contributed by atoms with Crippen LogP contribution in [0.15, 0.2) is 103 Å². The highest BCUT2D eigenvalue weighted by atomic mass is 31.2. The fourth-order valence-corrected chi connectivity index (χ4v) is 4.07. The number of hydrogen-bond acceptors (Lipinski definition) is 5. The first-order valence-electron chi connectivity index (χ1n) is 10.9. The zero-order valence-electron chi connectivity index (χ0n) is 19.8. The first-order valence-corrected chi connectivity index (χ1v) is 12.4. The van der Waals surface area contributed by atoms with E-state index in [9.17, 15) is 9.36 Å². The number of phosphoric acid groups is 1. The van der Waals surface area contributed by atoms with Crippen LogP contribution in [0.3, 0.4) is 0 Å². The fourth-order valence-electron chi connectivity index (χ4n) is 2.82. The van der Waals surface area contributed by atoms with E-state index >= 15 is 0 Å². The molecule has 0 fully saturated rings. The number of carboxylic acid groups (broad SMARTS) is 1. The monoisotopic (exact) mass is 490 g/mol. The van der Waals surface area contributed by atoms with E-state index in [1.54, 1.807) is 66.7 Å². The summed E-state index contributed by atoms with van der Waals surface area (Å²) in [5, 5.41) is 8.38. The summed E-state index contributed by atoms with van der Waals surface area (Å²) in [6.45, 7) is 5.90. The molecule has 0 amide bonds. The summed E-state index contributed by atoms with van der Waals surface area (Å²) in [7, 11) is -3.93. The molecule has 0 unspecified atom stereocenters. The summed E-state index contributed by atoms with van der Waals surface area (Å²) in [6, 6.07) is 29.9. The van der Waals surface area contributed by atoms with Crippen LogP contribution < -0.4 is 13.6 Å². The summed E-state index contributed by atoms with van der Waals surface area (Å²) < 4.78 is 30.2. The summed E-state index contributed by atoms with van der Waals surface area (Å²) in [5.74, 6) is 0.366. The Morgan fingerprint density at radius 1 is 0.571 bits per heavy atom. The molecule has 4 aromatic carbocycles. The van der Waals surface area contributed by atoms with Crippen molar-refractivity contribution in [3.05, 3.63) is 125 Å². The summed E-state index contributed by atoms with van der Waals surface area (Å²) in [5.41, 5.74) is 3.56. The highest BCUT2D eigenvalue weighted by Crippen LogP contribution is 2.49. The molecular formula is C28H27O6P. The highest BCUT2D eigenvalue weighted by molar-refractivity contribution is 7.49. The minimum absolute atomic E-state index is 0.331. The number of phosphoric ester groups is 1. The van der Waals surface area contributed by atoms with Gasteiger partial charge in [0.1, 0.15) is 17.2 Å². The second-order valence-corrected chi connectivity index (χ2v) is 9.27. The van der Waals surface area contributed by atoms with Crippen molar-refractivity contribution in [3.63, 3.8) is 0 Å². The predicted molar refractivity (Wildman–Crippen MR) is 136 cm³/mol. The molecule has 0 saturated heterocycles. The third kappa shape index (κ3) is 8.36. The lowest BCUT2D eigenvalue weighted by molar-refractivity contribution is 0.0697.